The average Bonchev–Trinajstić information content (AvgIpc) is 2.74. The Morgan fingerprint density at radius 3 is 1.89 bits per heavy atom. The summed E-state index contributed by atoms with van der Waals surface area (Å²) >= 11 is 10.9. The third kappa shape index (κ3) is 37.2. The summed E-state index contributed by atoms with van der Waals surface area (Å²) in [5.74, 6) is 0. The lowest BCUT2D eigenvalue weighted by Gasteiger charge is -2.07. The minimum absolute atomic E-state index is 0.535. The van der Waals surface area contributed by atoms with Gasteiger partial charge in [-0.1, -0.05) is 88.9 Å². The molecule has 0 radical (unpaired) electrons. The molecule has 2 N–H and O–H groups in total. The zero-order chi connectivity index (χ0) is 21.8. The number of halogens is 2. The molecule has 0 unspecified atom stereocenters. The minimum atomic E-state index is 0.535. The van der Waals surface area contributed by atoms with Crippen molar-refractivity contribution in [3.8, 4) is 0 Å². The second-order valence-corrected chi connectivity index (χ2v) is 5.67. The van der Waals surface area contributed by atoms with Crippen molar-refractivity contribution in [2.75, 3.05) is 33.0 Å². The molecule has 0 saturated carbocycles. The van der Waals surface area contributed by atoms with Crippen LogP contribution in [-0.2, 0) is 9.47 Å². The quantitative estimate of drug-likeness (QED) is 0.246. The van der Waals surface area contributed by atoms with Gasteiger partial charge in [-0.05, 0) is 44.3 Å². The largest absolute Gasteiger partial charge is 0.379 e. The van der Waals surface area contributed by atoms with Gasteiger partial charge in [-0.3, -0.25) is 0 Å². The van der Waals surface area contributed by atoms with E-state index in [1.807, 2.05) is 41.5 Å². The summed E-state index contributed by atoms with van der Waals surface area (Å²) in [5, 5.41) is 0.665. The summed E-state index contributed by atoms with van der Waals surface area (Å²) in [7, 11) is 0. The van der Waals surface area contributed by atoms with Crippen LogP contribution in [0.25, 0.3) is 0 Å². The van der Waals surface area contributed by atoms with Crippen LogP contribution in [-0.4, -0.2) is 33.0 Å². The molecule has 0 rings (SSSR count). The molecule has 0 amide bonds. The second kappa shape index (κ2) is 36.6. The van der Waals surface area contributed by atoms with Gasteiger partial charge in [-0.25, -0.2) is 0 Å². The van der Waals surface area contributed by atoms with E-state index in [0.29, 0.717) is 24.9 Å². The Labute approximate surface area is 180 Å². The smallest absolute Gasteiger partial charge is 0.0704 e. The molecular formula is C22H45Cl2NO2. The molecule has 0 atom stereocenters. The lowest BCUT2D eigenvalue weighted by molar-refractivity contribution is 0.0545. The summed E-state index contributed by atoms with van der Waals surface area (Å²) in [6.07, 6.45) is 9.34. The van der Waals surface area contributed by atoms with Crippen molar-refractivity contribution in [2.45, 2.75) is 73.6 Å². The highest BCUT2D eigenvalue weighted by Crippen LogP contribution is 2.09. The average molecular weight is 427 g/mol. The third-order valence-electron chi connectivity index (χ3n) is 2.90. The van der Waals surface area contributed by atoms with Crippen molar-refractivity contribution in [3.63, 3.8) is 0 Å². The van der Waals surface area contributed by atoms with Gasteiger partial charge in [0, 0.05) is 11.6 Å². The fourth-order valence-corrected chi connectivity index (χ4v) is 1.62. The van der Waals surface area contributed by atoms with Crippen LogP contribution in [0.4, 0.5) is 0 Å². The fourth-order valence-electron chi connectivity index (χ4n) is 1.57. The van der Waals surface area contributed by atoms with Crippen LogP contribution in [0, 0.1) is 0 Å². The molecule has 0 saturated heterocycles. The zero-order valence-electron chi connectivity index (χ0n) is 18.7. The van der Waals surface area contributed by atoms with E-state index in [-0.39, 0.29) is 0 Å². The van der Waals surface area contributed by atoms with Gasteiger partial charge in [-0.15, -0.1) is 0 Å². The van der Waals surface area contributed by atoms with Crippen LogP contribution in [0.2, 0.25) is 0 Å². The molecule has 0 bridgehead atoms. The number of nitrogens with two attached hydrogens (primary N) is 1. The molecule has 5 heteroatoms. The van der Waals surface area contributed by atoms with Gasteiger partial charge in [0.15, 0.2) is 0 Å². The second-order valence-electron chi connectivity index (χ2n) is 5.01. The number of rotatable bonds is 13. The molecule has 164 valence electrons. The van der Waals surface area contributed by atoms with E-state index in [1.54, 1.807) is 12.2 Å². The Hall–Kier alpha value is -0.320. The lowest BCUT2D eigenvalue weighted by atomic mass is 10.1. The minimum Gasteiger partial charge on any atom is -0.379 e. The van der Waals surface area contributed by atoms with Crippen LogP contribution in [0.15, 0.2) is 34.9 Å². The normalized spacial score (nSPS) is 10.6. The van der Waals surface area contributed by atoms with Gasteiger partial charge in [0.05, 0.1) is 19.8 Å². The first-order valence-electron chi connectivity index (χ1n) is 10.2. The standard InChI is InChI=1S/C15H28ClNO2.C3H5Cl.2C2H6/c1-3-15(16)14(2)13-19-12-11-18-10-8-6-4-5-7-9-17;1-2-3-4;2*1-2/h3H,1,4-13,17H2,2H3;2-3H,1H3;2*1-2H3/b15-14-;3-2+;;. The van der Waals surface area contributed by atoms with Gasteiger partial charge in [0.1, 0.15) is 0 Å². The van der Waals surface area contributed by atoms with E-state index in [4.69, 9.17) is 38.4 Å². The van der Waals surface area contributed by atoms with E-state index in [1.165, 1.54) is 24.8 Å². The van der Waals surface area contributed by atoms with Gasteiger partial charge in [-0.2, -0.15) is 0 Å². The van der Waals surface area contributed by atoms with Crippen molar-refractivity contribution in [2.24, 2.45) is 5.73 Å². The first-order valence-corrected chi connectivity index (χ1v) is 11.0. The van der Waals surface area contributed by atoms with Crippen LogP contribution in [0.3, 0.4) is 0 Å². The Balaban J connectivity index is -0.000000283. The van der Waals surface area contributed by atoms with Crippen molar-refractivity contribution in [3.05, 3.63) is 34.9 Å². The van der Waals surface area contributed by atoms with Gasteiger partial charge < -0.3 is 15.2 Å². The molecule has 0 aromatic rings. The summed E-state index contributed by atoms with van der Waals surface area (Å²) in [5.41, 5.74) is 7.90. The summed E-state index contributed by atoms with van der Waals surface area (Å²) in [4.78, 5) is 0. The maximum absolute atomic E-state index is 5.89. The Bertz CT molecular complexity index is 315. The first-order chi connectivity index (χ1) is 13.1. The molecule has 0 aliphatic heterocycles. The van der Waals surface area contributed by atoms with E-state index < -0.39 is 0 Å². The SMILES string of the molecule is C/C=C/Cl.C=C/C(Cl)=C(\C)COCCOCCCCCCCN.CC.CC. The molecule has 0 fully saturated rings. The summed E-state index contributed by atoms with van der Waals surface area (Å²) < 4.78 is 10.9. The van der Waals surface area contributed by atoms with E-state index in [0.717, 1.165) is 31.6 Å². The van der Waals surface area contributed by atoms with Crippen molar-refractivity contribution < 1.29 is 9.47 Å². The Kier molecular flexibility index (Phi) is 46.3. The number of unbranched alkanes of at least 4 members (excludes halogenated alkanes) is 4. The molecule has 0 aromatic heterocycles. The summed E-state index contributed by atoms with van der Waals surface area (Å²) in [6, 6.07) is 0. The lowest BCUT2D eigenvalue weighted by Crippen LogP contribution is -2.07. The van der Waals surface area contributed by atoms with E-state index >= 15 is 0 Å². The van der Waals surface area contributed by atoms with Crippen LogP contribution >= 0.6 is 23.2 Å². The highest BCUT2D eigenvalue weighted by atomic mass is 35.5. The molecule has 27 heavy (non-hydrogen) atoms. The molecule has 3 nitrogen and oxygen atoms in total. The third-order valence-corrected chi connectivity index (χ3v) is 3.63. The zero-order valence-corrected chi connectivity index (χ0v) is 20.2. The highest BCUT2D eigenvalue weighted by molar-refractivity contribution is 6.31. The van der Waals surface area contributed by atoms with E-state index in [2.05, 4.69) is 6.58 Å². The van der Waals surface area contributed by atoms with Crippen molar-refractivity contribution in [1.82, 2.24) is 0 Å². The van der Waals surface area contributed by atoms with Crippen LogP contribution in [0.1, 0.15) is 73.6 Å². The molecule has 0 spiro atoms. The van der Waals surface area contributed by atoms with Crippen molar-refractivity contribution >= 4 is 23.2 Å². The molecular weight excluding hydrogens is 381 g/mol. The number of hydrogen-bond donors (Lipinski definition) is 1. The first kappa shape index (κ1) is 34.2. The highest BCUT2D eigenvalue weighted by Gasteiger charge is 1.96. The van der Waals surface area contributed by atoms with Crippen molar-refractivity contribution in [1.29, 1.82) is 0 Å². The number of hydrogen-bond acceptors (Lipinski definition) is 3. The van der Waals surface area contributed by atoms with Gasteiger partial charge in [0.25, 0.3) is 0 Å². The Morgan fingerprint density at radius 2 is 1.41 bits per heavy atom. The van der Waals surface area contributed by atoms with E-state index in [9.17, 15) is 0 Å². The fraction of sp³-hybridized carbons (Fsp3) is 0.727. The molecule has 0 aromatic carbocycles. The predicted molar refractivity (Wildman–Crippen MR) is 126 cm³/mol. The van der Waals surface area contributed by atoms with Gasteiger partial charge >= 0.3 is 0 Å². The topological polar surface area (TPSA) is 44.5 Å². The van der Waals surface area contributed by atoms with Gasteiger partial charge in [0.2, 0.25) is 0 Å². The monoisotopic (exact) mass is 425 g/mol. The molecule has 0 heterocycles. The number of ether oxygens (including phenoxy) is 2. The molecule has 0 aliphatic rings. The maximum atomic E-state index is 5.89. The Morgan fingerprint density at radius 1 is 0.926 bits per heavy atom. The maximum Gasteiger partial charge on any atom is 0.0704 e. The predicted octanol–water partition coefficient (Wildman–Crippen LogP) is 7.44. The molecule has 0 aliphatic carbocycles. The summed E-state index contributed by atoms with van der Waals surface area (Å²) in [6.45, 7) is 18.8. The van der Waals surface area contributed by atoms with Crippen LogP contribution < -0.4 is 5.73 Å². The number of allylic oxidation sites excluding steroid dienone is 3. The van der Waals surface area contributed by atoms with Crippen LogP contribution in [0.5, 0.6) is 0 Å².